The molecule has 1 atom stereocenters. The molecule has 39 heavy (non-hydrogen) atoms. The molecule has 0 bridgehead atoms. The van der Waals surface area contributed by atoms with E-state index in [0.717, 1.165) is 72.1 Å². The van der Waals surface area contributed by atoms with Crippen LogP contribution in [0.1, 0.15) is 11.8 Å². The topological polar surface area (TPSA) is 38.1 Å². The zero-order chi connectivity index (χ0) is 25.9. The average Bonchev–Trinajstić information content (AvgIpc) is 3.41. The number of imidazole rings is 1. The van der Waals surface area contributed by atoms with Crippen molar-refractivity contribution in [3.63, 3.8) is 0 Å². The molecule has 1 aliphatic rings. The fourth-order valence-electron chi connectivity index (χ4n) is 6.18. The van der Waals surface area contributed by atoms with E-state index in [0.29, 0.717) is 0 Å². The van der Waals surface area contributed by atoms with Gasteiger partial charge >= 0.3 is 0 Å². The summed E-state index contributed by atoms with van der Waals surface area (Å²) in [6, 6.07) is 46.1. The maximum atomic E-state index is 12.0. The molecule has 3 heteroatoms. The minimum atomic E-state index is -0.860. The number of rotatable bonds is 3. The SMILES string of the molecule is OC1c2cccc3c(-c4ccccc4)ccc(c23)-c2nc3c(-c4ccccc4)ccc(-c4ccccc4)c3n21. The maximum absolute atomic E-state index is 12.0. The van der Waals surface area contributed by atoms with Gasteiger partial charge in [0, 0.05) is 27.6 Å². The van der Waals surface area contributed by atoms with Crippen molar-refractivity contribution < 1.29 is 5.11 Å². The highest BCUT2D eigenvalue weighted by Gasteiger charge is 2.31. The zero-order valence-corrected chi connectivity index (χ0v) is 21.1. The number of aliphatic hydroxyl groups excluding tert-OH is 1. The first-order valence-electron chi connectivity index (χ1n) is 13.2. The van der Waals surface area contributed by atoms with E-state index in [1.165, 1.54) is 0 Å². The predicted molar refractivity (Wildman–Crippen MR) is 159 cm³/mol. The first kappa shape index (κ1) is 22.0. The van der Waals surface area contributed by atoms with E-state index in [-0.39, 0.29) is 0 Å². The Balaban J connectivity index is 1.48. The normalized spacial score (nSPS) is 14.0. The van der Waals surface area contributed by atoms with Crippen LogP contribution in [0.4, 0.5) is 0 Å². The fraction of sp³-hybridized carbons (Fsp3) is 0.0278. The van der Waals surface area contributed by atoms with Gasteiger partial charge in [0.2, 0.25) is 0 Å². The fourth-order valence-corrected chi connectivity index (χ4v) is 6.18. The predicted octanol–water partition coefficient (Wildman–Crippen LogP) is 8.71. The van der Waals surface area contributed by atoms with Crippen LogP contribution in [0, 0.1) is 0 Å². The molecule has 2 heterocycles. The number of hydrogen-bond donors (Lipinski definition) is 1. The molecule has 1 unspecified atom stereocenters. The van der Waals surface area contributed by atoms with Crippen LogP contribution in [0.2, 0.25) is 0 Å². The number of aliphatic hydroxyl groups is 1. The van der Waals surface area contributed by atoms with Gasteiger partial charge in [-0.05, 0) is 33.7 Å². The summed E-state index contributed by atoms with van der Waals surface area (Å²) in [6.45, 7) is 0. The minimum absolute atomic E-state index is 0.793. The van der Waals surface area contributed by atoms with Crippen molar-refractivity contribution in [3.8, 4) is 44.8 Å². The van der Waals surface area contributed by atoms with Crippen LogP contribution in [-0.4, -0.2) is 14.7 Å². The second-order valence-electron chi connectivity index (χ2n) is 10.1. The summed E-state index contributed by atoms with van der Waals surface area (Å²) in [5, 5.41) is 14.2. The Bertz CT molecular complexity index is 2010. The van der Waals surface area contributed by atoms with Crippen LogP contribution in [0.3, 0.4) is 0 Å². The van der Waals surface area contributed by atoms with E-state index in [4.69, 9.17) is 4.98 Å². The Hall–Kier alpha value is -4.99. The Labute approximate surface area is 226 Å². The van der Waals surface area contributed by atoms with Crippen molar-refractivity contribution in [2.24, 2.45) is 0 Å². The third-order valence-corrected chi connectivity index (χ3v) is 7.93. The van der Waals surface area contributed by atoms with Crippen LogP contribution in [0.5, 0.6) is 0 Å². The van der Waals surface area contributed by atoms with Gasteiger partial charge in [0.05, 0.1) is 11.0 Å². The van der Waals surface area contributed by atoms with E-state index >= 15 is 0 Å². The van der Waals surface area contributed by atoms with Gasteiger partial charge in [0.15, 0.2) is 6.23 Å². The van der Waals surface area contributed by atoms with Gasteiger partial charge < -0.3 is 5.11 Å². The summed E-state index contributed by atoms with van der Waals surface area (Å²) in [4.78, 5) is 5.30. The number of fused-ring (bicyclic) bond motifs is 4. The summed E-state index contributed by atoms with van der Waals surface area (Å²) in [5.74, 6) is 0.793. The van der Waals surface area contributed by atoms with Crippen LogP contribution >= 0.6 is 0 Å². The highest BCUT2D eigenvalue weighted by Crippen LogP contribution is 2.47. The summed E-state index contributed by atoms with van der Waals surface area (Å²) in [7, 11) is 0. The van der Waals surface area contributed by atoms with Crippen LogP contribution < -0.4 is 0 Å². The molecular weight excluding hydrogens is 476 g/mol. The molecule has 0 fully saturated rings. The highest BCUT2D eigenvalue weighted by molar-refractivity contribution is 6.10. The Morgan fingerprint density at radius 1 is 0.513 bits per heavy atom. The first-order valence-corrected chi connectivity index (χ1v) is 13.2. The molecule has 1 aromatic heterocycles. The van der Waals surface area contributed by atoms with Gasteiger partial charge in [-0.25, -0.2) is 4.98 Å². The van der Waals surface area contributed by atoms with E-state index < -0.39 is 6.23 Å². The second-order valence-corrected chi connectivity index (χ2v) is 10.1. The van der Waals surface area contributed by atoms with Gasteiger partial charge in [0.1, 0.15) is 5.82 Å². The van der Waals surface area contributed by atoms with Crippen LogP contribution in [0.25, 0.3) is 66.6 Å². The van der Waals surface area contributed by atoms with Crippen molar-refractivity contribution in [1.29, 1.82) is 0 Å². The monoisotopic (exact) mass is 500 g/mol. The number of nitrogens with zero attached hydrogens (tertiary/aromatic N) is 2. The zero-order valence-electron chi connectivity index (χ0n) is 21.1. The van der Waals surface area contributed by atoms with Crippen molar-refractivity contribution in [2.45, 2.75) is 6.23 Å². The summed E-state index contributed by atoms with van der Waals surface area (Å²) in [5.41, 5.74) is 10.4. The molecular formula is C36H24N2O. The second kappa shape index (κ2) is 8.52. The Morgan fingerprint density at radius 2 is 1.05 bits per heavy atom. The van der Waals surface area contributed by atoms with Crippen molar-refractivity contribution in [3.05, 3.63) is 139 Å². The van der Waals surface area contributed by atoms with E-state index in [2.05, 4.69) is 109 Å². The lowest BCUT2D eigenvalue weighted by atomic mass is 9.89. The Kier molecular flexibility index (Phi) is 4.81. The van der Waals surface area contributed by atoms with Gasteiger partial charge in [0.25, 0.3) is 0 Å². The maximum Gasteiger partial charge on any atom is 0.159 e. The molecule has 0 radical (unpaired) electrons. The summed E-state index contributed by atoms with van der Waals surface area (Å²) < 4.78 is 2.03. The van der Waals surface area contributed by atoms with Gasteiger partial charge in [-0.1, -0.05) is 127 Å². The molecule has 0 spiro atoms. The minimum Gasteiger partial charge on any atom is -0.369 e. The van der Waals surface area contributed by atoms with E-state index in [1.807, 2.05) is 28.8 Å². The van der Waals surface area contributed by atoms with Crippen LogP contribution in [-0.2, 0) is 0 Å². The molecule has 0 saturated carbocycles. The lowest BCUT2D eigenvalue weighted by Crippen LogP contribution is -2.16. The molecule has 0 saturated heterocycles. The molecule has 3 nitrogen and oxygen atoms in total. The highest BCUT2D eigenvalue weighted by atomic mass is 16.3. The summed E-state index contributed by atoms with van der Waals surface area (Å²) in [6.07, 6.45) is -0.860. The number of hydrogen-bond acceptors (Lipinski definition) is 2. The first-order chi connectivity index (χ1) is 19.3. The van der Waals surface area contributed by atoms with Gasteiger partial charge in [-0.3, -0.25) is 4.57 Å². The molecule has 7 aromatic rings. The lowest BCUT2D eigenvalue weighted by Gasteiger charge is -2.26. The molecule has 1 aliphatic heterocycles. The Morgan fingerprint density at radius 3 is 1.72 bits per heavy atom. The lowest BCUT2D eigenvalue weighted by molar-refractivity contribution is 0.152. The smallest absolute Gasteiger partial charge is 0.159 e. The standard InChI is InChI=1S/C36H24N2O/c39-36-31-18-10-17-29-26(23-11-4-1-5-12-23)19-22-30(32(29)31)35-37-33-27(24-13-6-2-7-14-24)20-21-28(34(33)38(35)36)25-15-8-3-9-16-25/h1-22,36,39H. The molecule has 0 aliphatic carbocycles. The van der Waals surface area contributed by atoms with Crippen molar-refractivity contribution in [2.75, 3.05) is 0 Å². The quantitative estimate of drug-likeness (QED) is 0.263. The largest absolute Gasteiger partial charge is 0.369 e. The molecule has 8 rings (SSSR count). The summed E-state index contributed by atoms with van der Waals surface area (Å²) >= 11 is 0. The van der Waals surface area contributed by atoms with Crippen molar-refractivity contribution >= 4 is 21.8 Å². The van der Waals surface area contributed by atoms with Gasteiger partial charge in [-0.2, -0.15) is 0 Å². The molecule has 0 amide bonds. The van der Waals surface area contributed by atoms with Crippen LogP contribution in [0.15, 0.2) is 133 Å². The third kappa shape index (κ3) is 3.24. The molecule has 1 N–H and O–H groups in total. The number of benzene rings is 6. The van der Waals surface area contributed by atoms with Crippen molar-refractivity contribution in [1.82, 2.24) is 9.55 Å². The molecule has 6 aromatic carbocycles. The average molecular weight is 501 g/mol. The molecule has 184 valence electrons. The third-order valence-electron chi connectivity index (χ3n) is 7.93. The van der Waals surface area contributed by atoms with E-state index in [9.17, 15) is 5.11 Å². The van der Waals surface area contributed by atoms with E-state index in [1.54, 1.807) is 0 Å². The van der Waals surface area contributed by atoms with Gasteiger partial charge in [-0.15, -0.1) is 0 Å². The number of aromatic nitrogens is 2.